The van der Waals surface area contributed by atoms with Crippen LogP contribution in [0, 0.1) is 0 Å². The van der Waals surface area contributed by atoms with E-state index in [1.54, 1.807) is 0 Å². The normalized spacial score (nSPS) is 19.5. The minimum atomic E-state index is 0.0502. The van der Waals surface area contributed by atoms with Gasteiger partial charge in [0.25, 0.3) is 0 Å². The lowest BCUT2D eigenvalue weighted by Gasteiger charge is -2.29. The molecule has 2 aromatic carbocycles. The van der Waals surface area contributed by atoms with Crippen molar-refractivity contribution in [3.8, 4) is 0 Å². The Hall–Kier alpha value is -2.81. The van der Waals surface area contributed by atoms with Crippen LogP contribution < -0.4 is 0 Å². The lowest BCUT2D eigenvalue weighted by Crippen LogP contribution is -2.37. The van der Waals surface area contributed by atoms with E-state index in [1.165, 1.54) is 33.2 Å². The summed E-state index contributed by atoms with van der Waals surface area (Å²) in [6, 6.07) is 16.8. The van der Waals surface area contributed by atoms with E-state index < -0.39 is 0 Å². The zero-order valence-electron chi connectivity index (χ0n) is 14.7. The fourth-order valence-electron chi connectivity index (χ4n) is 4.49. The van der Waals surface area contributed by atoms with E-state index in [0.29, 0.717) is 12.5 Å². The van der Waals surface area contributed by atoms with Crippen molar-refractivity contribution >= 4 is 22.4 Å². The van der Waals surface area contributed by atoms with E-state index in [-0.39, 0.29) is 5.92 Å². The number of hydrogen-bond donors (Lipinski definition) is 1. The van der Waals surface area contributed by atoms with Gasteiger partial charge in [0.15, 0.2) is 0 Å². The summed E-state index contributed by atoms with van der Waals surface area (Å²) in [6.07, 6.45) is 7.23. The second kappa shape index (κ2) is 6.17. The predicted molar refractivity (Wildman–Crippen MR) is 105 cm³/mol. The highest BCUT2D eigenvalue weighted by Gasteiger charge is 2.32. The molecule has 1 atom stereocenters. The van der Waals surface area contributed by atoms with Crippen LogP contribution in [0.1, 0.15) is 35.4 Å². The van der Waals surface area contributed by atoms with Crippen LogP contribution in [0.2, 0.25) is 0 Å². The molecule has 1 amide bonds. The third-order valence-corrected chi connectivity index (χ3v) is 5.89. The Morgan fingerprint density at radius 1 is 1.04 bits per heavy atom. The summed E-state index contributed by atoms with van der Waals surface area (Å²) in [5.74, 6) is 0.346. The average molecular weight is 342 g/mol. The van der Waals surface area contributed by atoms with Crippen molar-refractivity contribution in [3.05, 3.63) is 77.5 Å². The number of carbonyl (C=O) groups is 1. The molecule has 0 fully saturated rings. The number of nitrogens with zero attached hydrogens (tertiary/aromatic N) is 1. The largest absolute Gasteiger partial charge is 0.361 e. The number of nitrogens with one attached hydrogen (secondary N) is 1. The van der Waals surface area contributed by atoms with Crippen LogP contribution in [0.4, 0.5) is 0 Å². The fourth-order valence-corrected chi connectivity index (χ4v) is 4.49. The molecule has 3 aromatic rings. The van der Waals surface area contributed by atoms with E-state index in [0.717, 1.165) is 25.8 Å². The van der Waals surface area contributed by atoms with E-state index in [1.807, 2.05) is 4.90 Å². The van der Waals surface area contributed by atoms with E-state index in [2.05, 4.69) is 65.8 Å². The summed E-state index contributed by atoms with van der Waals surface area (Å²) in [6.45, 7) is 1.52. The van der Waals surface area contributed by atoms with Crippen molar-refractivity contribution in [2.45, 2.75) is 25.2 Å². The molecule has 3 heteroatoms. The number of fused-ring (bicyclic) bond motifs is 2. The van der Waals surface area contributed by atoms with Crippen LogP contribution in [0.5, 0.6) is 0 Å². The Morgan fingerprint density at radius 2 is 1.88 bits per heavy atom. The number of benzene rings is 2. The number of hydrogen-bond acceptors (Lipinski definition) is 1. The zero-order valence-corrected chi connectivity index (χ0v) is 14.7. The molecule has 0 radical (unpaired) electrons. The molecule has 5 rings (SSSR count). The first-order chi connectivity index (χ1) is 12.8. The second-order valence-corrected chi connectivity index (χ2v) is 7.30. The minimum absolute atomic E-state index is 0.0502. The van der Waals surface area contributed by atoms with Gasteiger partial charge in [0.1, 0.15) is 0 Å². The van der Waals surface area contributed by atoms with Gasteiger partial charge in [-0.05, 0) is 42.0 Å². The number of amides is 1. The molecule has 0 spiro atoms. The summed E-state index contributed by atoms with van der Waals surface area (Å²) < 4.78 is 0. The molecule has 0 saturated heterocycles. The molecule has 1 aliphatic carbocycles. The van der Waals surface area contributed by atoms with Crippen LogP contribution in [0.25, 0.3) is 16.5 Å². The van der Waals surface area contributed by atoms with Gasteiger partial charge in [-0.3, -0.25) is 4.79 Å². The number of aromatic amines is 1. The topological polar surface area (TPSA) is 36.1 Å². The maximum atomic E-state index is 13.1. The van der Waals surface area contributed by atoms with Crippen molar-refractivity contribution in [3.63, 3.8) is 0 Å². The van der Waals surface area contributed by atoms with Gasteiger partial charge in [-0.25, -0.2) is 0 Å². The lowest BCUT2D eigenvalue weighted by atomic mass is 9.96. The van der Waals surface area contributed by atoms with E-state index in [9.17, 15) is 4.79 Å². The number of aromatic nitrogens is 1. The minimum Gasteiger partial charge on any atom is -0.361 e. The Bertz CT molecular complexity index is 1010. The molecule has 1 aliphatic heterocycles. The van der Waals surface area contributed by atoms with Crippen LogP contribution in [0.15, 0.2) is 60.8 Å². The molecule has 1 aromatic heterocycles. The van der Waals surface area contributed by atoms with E-state index in [4.69, 9.17) is 0 Å². The van der Waals surface area contributed by atoms with Crippen molar-refractivity contribution in [1.29, 1.82) is 0 Å². The molecule has 2 heterocycles. The summed E-state index contributed by atoms with van der Waals surface area (Å²) in [5, 5.41) is 1.27. The van der Waals surface area contributed by atoms with Crippen molar-refractivity contribution in [2.75, 3.05) is 13.1 Å². The molecule has 0 bridgehead atoms. The number of para-hydroxylation sites is 1. The standard InChI is InChI=1S/C23H22N2O/c26-23(20-10-9-16-5-1-2-6-18(16)20)25-13-11-17(12-14-25)21-15-24-22-8-4-3-7-19(21)22/h1-8,11,15,20,24H,9-10,12-14H2. The molecule has 130 valence electrons. The zero-order chi connectivity index (χ0) is 17.5. The van der Waals surface area contributed by atoms with Gasteiger partial charge in [-0.15, -0.1) is 0 Å². The first-order valence-corrected chi connectivity index (χ1v) is 9.43. The van der Waals surface area contributed by atoms with Gasteiger partial charge in [0, 0.05) is 35.8 Å². The highest BCUT2D eigenvalue weighted by atomic mass is 16.2. The summed E-state index contributed by atoms with van der Waals surface area (Å²) in [5.41, 5.74) is 6.38. The number of rotatable bonds is 2. The Kier molecular flexibility index (Phi) is 3.66. The number of H-pyrrole nitrogens is 1. The monoisotopic (exact) mass is 342 g/mol. The van der Waals surface area contributed by atoms with E-state index >= 15 is 0 Å². The van der Waals surface area contributed by atoms with Crippen LogP contribution >= 0.6 is 0 Å². The molecule has 1 N–H and O–H groups in total. The lowest BCUT2D eigenvalue weighted by molar-refractivity contribution is -0.132. The first-order valence-electron chi connectivity index (χ1n) is 9.43. The molecular formula is C23H22N2O. The SMILES string of the molecule is O=C(C1CCc2ccccc21)N1CC=C(c2c[nH]c3ccccc23)CC1. The summed E-state index contributed by atoms with van der Waals surface area (Å²) in [4.78, 5) is 18.4. The molecule has 3 nitrogen and oxygen atoms in total. The molecule has 1 unspecified atom stereocenters. The Balaban J connectivity index is 1.36. The third-order valence-electron chi connectivity index (χ3n) is 5.89. The number of carbonyl (C=O) groups excluding carboxylic acids is 1. The third kappa shape index (κ3) is 2.47. The molecule has 0 saturated carbocycles. The highest BCUT2D eigenvalue weighted by molar-refractivity contribution is 5.93. The van der Waals surface area contributed by atoms with Gasteiger partial charge < -0.3 is 9.88 Å². The maximum Gasteiger partial charge on any atom is 0.230 e. The van der Waals surface area contributed by atoms with Gasteiger partial charge in [0.2, 0.25) is 5.91 Å². The van der Waals surface area contributed by atoms with Crippen molar-refractivity contribution in [2.24, 2.45) is 0 Å². The Labute approximate surface area is 153 Å². The molecule has 26 heavy (non-hydrogen) atoms. The quantitative estimate of drug-likeness (QED) is 0.730. The molecule has 2 aliphatic rings. The van der Waals surface area contributed by atoms with Crippen LogP contribution in [-0.2, 0) is 11.2 Å². The smallest absolute Gasteiger partial charge is 0.230 e. The number of aryl methyl sites for hydroxylation is 1. The maximum absolute atomic E-state index is 13.1. The van der Waals surface area contributed by atoms with Gasteiger partial charge >= 0.3 is 0 Å². The van der Waals surface area contributed by atoms with Gasteiger partial charge in [0.05, 0.1) is 5.92 Å². The van der Waals surface area contributed by atoms with Gasteiger partial charge in [-0.1, -0.05) is 48.5 Å². The van der Waals surface area contributed by atoms with Crippen molar-refractivity contribution < 1.29 is 4.79 Å². The van der Waals surface area contributed by atoms with Crippen molar-refractivity contribution in [1.82, 2.24) is 9.88 Å². The second-order valence-electron chi connectivity index (χ2n) is 7.30. The summed E-state index contributed by atoms with van der Waals surface area (Å²) in [7, 11) is 0. The van der Waals surface area contributed by atoms with Crippen LogP contribution in [0.3, 0.4) is 0 Å². The highest BCUT2D eigenvalue weighted by Crippen LogP contribution is 2.35. The molecular weight excluding hydrogens is 320 g/mol. The predicted octanol–water partition coefficient (Wildman–Crippen LogP) is 4.51. The average Bonchev–Trinajstić information content (AvgIpc) is 3.32. The summed E-state index contributed by atoms with van der Waals surface area (Å²) >= 11 is 0. The fraction of sp³-hybridized carbons (Fsp3) is 0.261. The van der Waals surface area contributed by atoms with Crippen LogP contribution in [-0.4, -0.2) is 28.9 Å². The van der Waals surface area contributed by atoms with Gasteiger partial charge in [-0.2, -0.15) is 0 Å². The Morgan fingerprint density at radius 3 is 2.77 bits per heavy atom. The first kappa shape index (κ1) is 15.4.